The van der Waals surface area contributed by atoms with Crippen LogP contribution >= 0.6 is 22.7 Å². The Kier molecular flexibility index (Phi) is 14.3. The van der Waals surface area contributed by atoms with Gasteiger partial charge in [-0.15, -0.1) is 20.4 Å². The van der Waals surface area contributed by atoms with E-state index in [0.717, 1.165) is 39.4 Å². The Morgan fingerprint density at radius 3 is 1.96 bits per heavy atom. The average Bonchev–Trinajstić information content (AvgIpc) is 4.10. The summed E-state index contributed by atoms with van der Waals surface area (Å²) in [5.74, 6) is -0.0400. The summed E-state index contributed by atoms with van der Waals surface area (Å²) in [6.45, 7) is 14.4. The molecule has 19 nitrogen and oxygen atoms in total. The zero-order valence-corrected chi connectivity index (χ0v) is 41.6. The topological polar surface area (TPSA) is 242 Å². The molecule has 4 aromatic carbocycles. The first kappa shape index (κ1) is 49.1. The highest BCUT2D eigenvalue weighted by atomic mass is 32.2. The minimum Gasteiger partial charge on any atom is -0.443 e. The van der Waals surface area contributed by atoms with Gasteiger partial charge in [0, 0.05) is 39.8 Å². The fourth-order valence-electron chi connectivity index (χ4n) is 6.26. The van der Waals surface area contributed by atoms with Gasteiger partial charge in [0.2, 0.25) is 30.3 Å². The molecule has 0 bridgehead atoms. The minimum absolute atomic E-state index is 0.0234. The van der Waals surface area contributed by atoms with Crippen molar-refractivity contribution in [1.29, 1.82) is 0 Å². The molecule has 0 saturated heterocycles. The van der Waals surface area contributed by atoms with Crippen LogP contribution in [0.1, 0.15) is 66.5 Å². The molecule has 0 fully saturated rings. The van der Waals surface area contributed by atoms with Crippen LogP contribution in [-0.4, -0.2) is 88.1 Å². The summed E-state index contributed by atoms with van der Waals surface area (Å²) >= 11 is 2.53. The summed E-state index contributed by atoms with van der Waals surface area (Å²) in [6.07, 6.45) is 2.07. The predicted octanol–water partition coefficient (Wildman–Crippen LogP) is 9.82. The van der Waals surface area contributed by atoms with E-state index in [4.69, 9.17) is 9.47 Å². The number of carbonyl (C=O) groups excluding carboxylic acids is 2. The van der Waals surface area contributed by atoms with Gasteiger partial charge in [-0.2, -0.15) is 9.78 Å². The van der Waals surface area contributed by atoms with Gasteiger partial charge in [0.05, 0.1) is 35.5 Å². The average molecular weight is 1000 g/mol. The molecule has 8 rings (SSSR count). The van der Waals surface area contributed by atoms with Gasteiger partial charge in [-0.25, -0.2) is 31.3 Å². The van der Waals surface area contributed by atoms with E-state index in [1.165, 1.54) is 28.0 Å². The summed E-state index contributed by atoms with van der Waals surface area (Å²) in [5, 5.41) is 27.0. The van der Waals surface area contributed by atoms with Crippen LogP contribution in [0.2, 0.25) is 0 Å². The van der Waals surface area contributed by atoms with E-state index in [-0.39, 0.29) is 16.6 Å². The van der Waals surface area contributed by atoms with Crippen molar-refractivity contribution >= 4 is 105 Å². The number of amides is 1. The number of ether oxygens (including phenoxy) is 2. The lowest BCUT2D eigenvalue weighted by atomic mass is 10.1. The molecule has 3 N–H and O–H groups in total. The van der Waals surface area contributed by atoms with Crippen LogP contribution in [0.25, 0.3) is 32.0 Å². The van der Waals surface area contributed by atoms with Crippen molar-refractivity contribution in [2.45, 2.75) is 73.1 Å². The fourth-order valence-corrected chi connectivity index (χ4v) is 9.14. The molecule has 0 unspecified atom stereocenters. The molecule has 23 heteroatoms. The third-order valence-electron chi connectivity index (χ3n) is 9.40. The smallest absolute Gasteiger partial charge is 0.435 e. The number of sulfonamides is 2. The maximum atomic E-state index is 13.4. The molecule has 356 valence electrons. The number of benzene rings is 4. The molecule has 1 aliphatic rings. The second-order valence-corrected chi connectivity index (χ2v) is 23.0. The number of hydrogen-bond donors (Lipinski definition) is 3. The molecule has 0 spiro atoms. The van der Waals surface area contributed by atoms with Crippen LogP contribution in [0.4, 0.5) is 42.6 Å². The van der Waals surface area contributed by atoms with Gasteiger partial charge in [-0.1, -0.05) is 53.0 Å². The second-order valence-electron chi connectivity index (χ2n) is 17.1. The Morgan fingerprint density at radius 1 is 0.721 bits per heavy atom. The van der Waals surface area contributed by atoms with Crippen molar-refractivity contribution in [2.75, 3.05) is 31.2 Å². The molecular weight excluding hydrogens is 951 g/mol. The van der Waals surface area contributed by atoms with Gasteiger partial charge in [0.1, 0.15) is 21.2 Å². The molecule has 0 atom stereocenters. The van der Waals surface area contributed by atoms with E-state index in [2.05, 4.69) is 51.3 Å². The van der Waals surface area contributed by atoms with Crippen LogP contribution in [-0.2, 0) is 36.1 Å². The first-order valence-electron chi connectivity index (χ1n) is 21.1. The van der Waals surface area contributed by atoms with Crippen LogP contribution in [0, 0.1) is 0 Å². The number of nitrogens with one attached hydrogen (secondary N) is 3. The van der Waals surface area contributed by atoms with Gasteiger partial charge in [0.25, 0.3) is 0 Å². The quantitative estimate of drug-likeness (QED) is 0.103. The number of nitrogens with zero attached hydrogens (tertiary/aromatic N) is 8. The maximum Gasteiger partial charge on any atom is 0.435 e. The highest BCUT2D eigenvalue weighted by Crippen LogP contribution is 2.37. The van der Waals surface area contributed by atoms with Crippen LogP contribution in [0.3, 0.4) is 0 Å². The highest BCUT2D eigenvalue weighted by Gasteiger charge is 2.29. The van der Waals surface area contributed by atoms with Gasteiger partial charge in [-0.3, -0.25) is 14.4 Å². The summed E-state index contributed by atoms with van der Waals surface area (Å²) < 4.78 is 64.9. The van der Waals surface area contributed by atoms with E-state index >= 15 is 0 Å². The number of fused-ring (bicyclic) bond motifs is 2. The van der Waals surface area contributed by atoms with Crippen molar-refractivity contribution in [2.24, 2.45) is 4.99 Å². The molecule has 0 aliphatic carbocycles. The number of carbonyl (C=O) groups is 2. The highest BCUT2D eigenvalue weighted by molar-refractivity contribution is 7.92. The summed E-state index contributed by atoms with van der Waals surface area (Å²) in [7, 11) is -6.78. The number of aliphatic imine (C=N–C) groups is 1. The Bertz CT molecular complexity index is 3240. The summed E-state index contributed by atoms with van der Waals surface area (Å²) in [5.41, 5.74) is 4.99. The van der Waals surface area contributed by atoms with E-state index in [0.29, 0.717) is 48.7 Å². The van der Waals surface area contributed by atoms with E-state index in [9.17, 15) is 26.4 Å². The summed E-state index contributed by atoms with van der Waals surface area (Å²) in [4.78, 5) is 31.6. The number of hydrogen-bond acceptors (Lipinski definition) is 17. The minimum atomic E-state index is -3.46. The van der Waals surface area contributed by atoms with Crippen molar-refractivity contribution in [3.05, 3.63) is 102 Å². The zero-order chi connectivity index (χ0) is 49.0. The lowest BCUT2D eigenvalue weighted by molar-refractivity contribution is 0.0521. The van der Waals surface area contributed by atoms with E-state index in [1.54, 1.807) is 116 Å². The molecule has 68 heavy (non-hydrogen) atoms. The first-order chi connectivity index (χ1) is 32.1. The standard InChI is InChI=1S/C27H32N6O6S2.C18H17N5O2S2/c1-8-41(36,37)31-19-11-9-10-17(14-19)22-29-30-23(40-22)32(24(34)38-26(2,3)4)20-12-13-21-18(15-20)16-28-33(21)25(35)39-27(5,6)7;1-2-27(24,25)23-16-5-3-4-12(8-16)17-21-22-18(26-17)20-15-7-6-13-10-19-11-14(13)9-15/h9-16,31H,8H2,1-7H3;3-9,11,23H,2,10H2,1H3,(H,20,22). The Morgan fingerprint density at radius 2 is 1.34 bits per heavy atom. The Hall–Kier alpha value is -6.82. The normalized spacial score (nSPS) is 12.5. The fraction of sp³-hybridized carbons (Fsp3) is 0.289. The first-order valence-corrected chi connectivity index (χ1v) is 26.0. The molecule has 7 aromatic rings. The molecule has 0 radical (unpaired) electrons. The maximum absolute atomic E-state index is 13.4. The van der Waals surface area contributed by atoms with Gasteiger partial charge < -0.3 is 14.8 Å². The number of anilines is 6. The molecule has 4 heterocycles. The predicted molar refractivity (Wildman–Crippen MR) is 268 cm³/mol. The Labute approximate surface area is 401 Å². The number of aromatic nitrogens is 6. The van der Waals surface area contributed by atoms with Crippen LogP contribution in [0.15, 0.2) is 96.1 Å². The van der Waals surface area contributed by atoms with Crippen molar-refractivity contribution in [3.63, 3.8) is 0 Å². The van der Waals surface area contributed by atoms with Crippen LogP contribution in [0.5, 0.6) is 0 Å². The largest absolute Gasteiger partial charge is 0.443 e. The second kappa shape index (κ2) is 19.8. The number of rotatable bonds is 12. The molecule has 1 amide bonds. The van der Waals surface area contributed by atoms with Crippen LogP contribution < -0.4 is 19.7 Å². The monoisotopic (exact) mass is 999 g/mol. The van der Waals surface area contributed by atoms with E-state index < -0.39 is 43.4 Å². The van der Waals surface area contributed by atoms with Gasteiger partial charge in [-0.05, 0) is 121 Å². The van der Waals surface area contributed by atoms with Gasteiger partial charge in [0.15, 0.2) is 0 Å². The van der Waals surface area contributed by atoms with E-state index in [1.807, 2.05) is 24.4 Å². The lowest BCUT2D eigenvalue weighted by Crippen LogP contribution is -2.33. The molecule has 0 saturated carbocycles. The SMILES string of the molecule is CCS(=O)(=O)Nc1cccc(-c2nnc(N(C(=O)OC(C)(C)C)c3ccc4c(cnn4C(=O)OC(C)(C)C)c3)s2)c1.CCS(=O)(=O)Nc1cccc(-c2nnc(Nc3ccc4c(c3)C=NC4)s2)c1. The van der Waals surface area contributed by atoms with Crippen molar-refractivity contribution < 1.29 is 35.9 Å². The van der Waals surface area contributed by atoms with Gasteiger partial charge >= 0.3 is 12.2 Å². The summed E-state index contributed by atoms with van der Waals surface area (Å²) in [6, 6.07) is 25.0. The lowest BCUT2D eigenvalue weighted by Gasteiger charge is -2.25. The van der Waals surface area contributed by atoms with Crippen molar-refractivity contribution in [3.8, 4) is 21.1 Å². The zero-order valence-electron chi connectivity index (χ0n) is 38.3. The third kappa shape index (κ3) is 12.6. The molecule has 1 aliphatic heterocycles. The third-order valence-corrected chi connectivity index (χ3v) is 13.9. The molecule has 3 aromatic heterocycles. The molecular formula is C45H49N11O8S4. The van der Waals surface area contributed by atoms with Crippen molar-refractivity contribution in [1.82, 2.24) is 30.2 Å². The Balaban J connectivity index is 0.000000218.